The largest absolute Gasteiger partial charge is 0.484 e. The third-order valence-corrected chi connectivity index (χ3v) is 5.03. The predicted molar refractivity (Wildman–Crippen MR) is 88.3 cm³/mol. The molecule has 3 aliphatic rings. The van der Waals surface area contributed by atoms with Gasteiger partial charge < -0.3 is 10.5 Å². The van der Waals surface area contributed by atoms with E-state index in [4.69, 9.17) is 10.5 Å². The lowest BCUT2D eigenvalue weighted by Crippen LogP contribution is -2.28. The lowest BCUT2D eigenvalue weighted by Gasteiger charge is -2.13. The minimum Gasteiger partial charge on any atom is -0.484 e. The summed E-state index contributed by atoms with van der Waals surface area (Å²) in [6.07, 6.45) is 6.48. The van der Waals surface area contributed by atoms with Crippen LogP contribution in [0.1, 0.15) is 12.0 Å². The summed E-state index contributed by atoms with van der Waals surface area (Å²) < 4.78 is 5.17. The van der Waals surface area contributed by atoms with Crippen molar-refractivity contribution < 1.29 is 19.1 Å². The second-order valence-electron chi connectivity index (χ2n) is 6.56. The standard InChI is InChI=1S/C18H17N3O4/c19-14(22)9-25-13-5-1-10(2-6-13)8-20-21-17(23)15-11-3-4-12(7-11)16(15)18(21)24/h1-6,8,11-12,15-16H,7,9H2,(H2,19,22)/t11-,12-,15-,16+/m0/s1. The van der Waals surface area contributed by atoms with E-state index in [1.165, 1.54) is 6.21 Å². The van der Waals surface area contributed by atoms with E-state index in [0.29, 0.717) is 11.3 Å². The Kier molecular flexibility index (Phi) is 3.63. The van der Waals surface area contributed by atoms with E-state index in [0.717, 1.165) is 11.4 Å². The first-order valence-electron chi connectivity index (χ1n) is 8.16. The first-order chi connectivity index (χ1) is 12.0. The molecule has 0 aromatic heterocycles. The van der Waals surface area contributed by atoms with Crippen LogP contribution < -0.4 is 10.5 Å². The maximum atomic E-state index is 12.5. The highest BCUT2D eigenvalue weighted by atomic mass is 16.5. The number of nitrogens with zero attached hydrogens (tertiary/aromatic N) is 2. The van der Waals surface area contributed by atoms with Crippen LogP contribution in [-0.2, 0) is 14.4 Å². The van der Waals surface area contributed by atoms with Gasteiger partial charge in [-0.15, -0.1) is 0 Å². The van der Waals surface area contributed by atoms with Crippen LogP contribution in [0.3, 0.4) is 0 Å². The third kappa shape index (κ3) is 2.61. The monoisotopic (exact) mass is 339 g/mol. The van der Waals surface area contributed by atoms with Crippen LogP contribution in [0.15, 0.2) is 41.5 Å². The number of fused-ring (bicyclic) bond motifs is 5. The van der Waals surface area contributed by atoms with Gasteiger partial charge >= 0.3 is 0 Å². The fourth-order valence-corrected chi connectivity index (χ4v) is 3.93. The van der Waals surface area contributed by atoms with Crippen molar-refractivity contribution in [1.82, 2.24) is 5.01 Å². The number of hydrazone groups is 1. The fourth-order valence-electron chi connectivity index (χ4n) is 3.93. The summed E-state index contributed by atoms with van der Waals surface area (Å²) >= 11 is 0. The number of benzene rings is 1. The summed E-state index contributed by atoms with van der Waals surface area (Å²) in [5.41, 5.74) is 5.73. The van der Waals surface area contributed by atoms with E-state index in [1.807, 2.05) is 0 Å². The Balaban J connectivity index is 1.45. The van der Waals surface area contributed by atoms with Gasteiger partial charge in [0.05, 0.1) is 18.1 Å². The van der Waals surface area contributed by atoms with Gasteiger partial charge in [-0.1, -0.05) is 12.2 Å². The number of hydrogen-bond donors (Lipinski definition) is 1. The number of amides is 3. The average molecular weight is 339 g/mol. The predicted octanol–water partition coefficient (Wildman–Crippen LogP) is 0.692. The van der Waals surface area contributed by atoms with Crippen molar-refractivity contribution in [3.05, 3.63) is 42.0 Å². The summed E-state index contributed by atoms with van der Waals surface area (Å²) in [6, 6.07) is 6.77. The second kappa shape index (κ2) is 5.84. The minimum absolute atomic E-state index is 0.174. The molecule has 1 saturated carbocycles. The van der Waals surface area contributed by atoms with Crippen LogP contribution in [0.5, 0.6) is 5.75 Å². The van der Waals surface area contributed by atoms with Crippen molar-refractivity contribution in [1.29, 1.82) is 0 Å². The lowest BCUT2D eigenvalue weighted by molar-refractivity contribution is -0.140. The van der Waals surface area contributed by atoms with E-state index in [2.05, 4.69) is 17.3 Å². The number of carbonyl (C=O) groups excluding carboxylic acids is 3. The Morgan fingerprint density at radius 2 is 1.76 bits per heavy atom. The summed E-state index contributed by atoms with van der Waals surface area (Å²) in [5.74, 6) is -0.601. The summed E-state index contributed by atoms with van der Waals surface area (Å²) in [6.45, 7) is -0.191. The van der Waals surface area contributed by atoms with Gasteiger partial charge in [-0.2, -0.15) is 10.1 Å². The Morgan fingerprint density at radius 3 is 2.32 bits per heavy atom. The van der Waals surface area contributed by atoms with Crippen LogP contribution in [0, 0.1) is 23.7 Å². The molecule has 1 aromatic carbocycles. The number of primary amides is 1. The third-order valence-electron chi connectivity index (χ3n) is 5.03. The molecule has 7 nitrogen and oxygen atoms in total. The van der Waals surface area contributed by atoms with E-state index >= 15 is 0 Å². The molecule has 2 fully saturated rings. The van der Waals surface area contributed by atoms with Crippen molar-refractivity contribution >= 4 is 23.9 Å². The molecule has 1 aromatic rings. The van der Waals surface area contributed by atoms with Crippen molar-refractivity contribution in [2.45, 2.75) is 6.42 Å². The summed E-state index contributed by atoms with van der Waals surface area (Å²) in [7, 11) is 0. The first-order valence-corrected chi connectivity index (χ1v) is 8.16. The lowest BCUT2D eigenvalue weighted by atomic mass is 9.85. The highest BCUT2D eigenvalue weighted by molar-refractivity contribution is 6.06. The zero-order valence-electron chi connectivity index (χ0n) is 13.4. The number of allylic oxidation sites excluding steroid dienone is 2. The van der Waals surface area contributed by atoms with E-state index in [1.54, 1.807) is 24.3 Å². The van der Waals surface area contributed by atoms with Gasteiger partial charge in [0, 0.05) is 0 Å². The highest BCUT2D eigenvalue weighted by Crippen LogP contribution is 2.52. The van der Waals surface area contributed by atoms with Gasteiger partial charge in [0.15, 0.2) is 6.61 Å². The highest BCUT2D eigenvalue weighted by Gasteiger charge is 2.59. The van der Waals surface area contributed by atoms with E-state index < -0.39 is 5.91 Å². The number of carbonyl (C=O) groups is 3. The van der Waals surface area contributed by atoms with E-state index in [-0.39, 0.29) is 42.1 Å². The maximum absolute atomic E-state index is 12.5. The molecule has 2 bridgehead atoms. The fraction of sp³-hybridized carbons (Fsp3) is 0.333. The van der Waals surface area contributed by atoms with Gasteiger partial charge in [0.2, 0.25) is 0 Å². The molecule has 0 unspecified atom stereocenters. The molecule has 0 spiro atoms. The van der Waals surface area contributed by atoms with Crippen molar-refractivity contribution in [3.8, 4) is 5.75 Å². The van der Waals surface area contributed by atoms with Gasteiger partial charge in [0.1, 0.15) is 5.75 Å². The normalized spacial score (nSPS) is 29.7. The number of nitrogens with two attached hydrogens (primary N) is 1. The second-order valence-corrected chi connectivity index (χ2v) is 6.56. The molecular weight excluding hydrogens is 322 g/mol. The summed E-state index contributed by atoms with van der Waals surface area (Å²) in [4.78, 5) is 35.7. The molecule has 1 saturated heterocycles. The van der Waals surface area contributed by atoms with Crippen molar-refractivity contribution in [2.75, 3.05) is 6.61 Å². The number of ether oxygens (including phenoxy) is 1. The Hall–Kier alpha value is -2.96. The quantitative estimate of drug-likeness (QED) is 0.484. The molecule has 3 amide bonds. The molecule has 2 aliphatic carbocycles. The van der Waals surface area contributed by atoms with Gasteiger partial charge in [-0.25, -0.2) is 0 Å². The Bertz CT molecular complexity index is 769. The van der Waals surface area contributed by atoms with Gasteiger partial charge in [0.25, 0.3) is 17.7 Å². The molecule has 128 valence electrons. The van der Waals surface area contributed by atoms with Crippen LogP contribution >= 0.6 is 0 Å². The average Bonchev–Trinajstić information content (AvgIpc) is 3.27. The molecule has 2 N–H and O–H groups in total. The van der Waals surface area contributed by atoms with Crippen LogP contribution in [0.25, 0.3) is 0 Å². The topological polar surface area (TPSA) is 102 Å². The first kappa shape index (κ1) is 15.6. The Morgan fingerprint density at radius 1 is 1.16 bits per heavy atom. The maximum Gasteiger partial charge on any atom is 0.255 e. The van der Waals surface area contributed by atoms with Crippen LogP contribution in [0.2, 0.25) is 0 Å². The zero-order chi connectivity index (χ0) is 17.6. The molecular formula is C18H17N3O4. The number of hydrogen-bond acceptors (Lipinski definition) is 5. The molecule has 25 heavy (non-hydrogen) atoms. The summed E-state index contributed by atoms with van der Waals surface area (Å²) in [5, 5.41) is 5.12. The van der Waals surface area contributed by atoms with Crippen molar-refractivity contribution in [3.63, 3.8) is 0 Å². The molecule has 4 atom stereocenters. The Labute approximate surface area is 144 Å². The minimum atomic E-state index is -0.550. The molecule has 7 heteroatoms. The van der Waals surface area contributed by atoms with E-state index in [9.17, 15) is 14.4 Å². The molecule has 1 aliphatic heterocycles. The number of rotatable bonds is 5. The molecule has 0 radical (unpaired) electrons. The van der Waals surface area contributed by atoms with Crippen LogP contribution in [0.4, 0.5) is 0 Å². The smallest absolute Gasteiger partial charge is 0.255 e. The van der Waals surface area contributed by atoms with Crippen molar-refractivity contribution in [2.24, 2.45) is 34.5 Å². The molecule has 4 rings (SSSR count). The zero-order valence-corrected chi connectivity index (χ0v) is 13.4. The van der Waals surface area contributed by atoms with Gasteiger partial charge in [-0.3, -0.25) is 14.4 Å². The number of imide groups is 1. The van der Waals surface area contributed by atoms with Gasteiger partial charge in [-0.05, 0) is 48.1 Å². The van der Waals surface area contributed by atoms with Crippen LogP contribution in [-0.4, -0.2) is 35.6 Å². The SMILES string of the molecule is NC(=O)COc1ccc(C=NN2C(=O)[C@@H]3[C@H](C2=O)[C@H]2C=C[C@H]3C2)cc1. The molecule has 1 heterocycles.